The summed E-state index contributed by atoms with van der Waals surface area (Å²) >= 11 is 0. The quantitative estimate of drug-likeness (QED) is 0.835. The zero-order valence-corrected chi connectivity index (χ0v) is 13.6. The molecule has 0 spiro atoms. The van der Waals surface area contributed by atoms with Crippen LogP contribution in [0.3, 0.4) is 0 Å². The van der Waals surface area contributed by atoms with Gasteiger partial charge in [0.25, 0.3) is 0 Å². The first kappa shape index (κ1) is 14.8. The highest BCUT2D eigenvalue weighted by molar-refractivity contribution is 5.54. The molecule has 3 heteroatoms. The van der Waals surface area contributed by atoms with Gasteiger partial charge in [0.1, 0.15) is 0 Å². The van der Waals surface area contributed by atoms with Crippen molar-refractivity contribution in [1.29, 1.82) is 0 Å². The molecule has 0 unspecified atom stereocenters. The Morgan fingerprint density at radius 1 is 1.14 bits per heavy atom. The molecule has 2 saturated carbocycles. The molecule has 3 rings (SSSR count). The maximum absolute atomic E-state index is 4.52. The molecule has 21 heavy (non-hydrogen) atoms. The molecule has 1 N–H and O–H groups in total. The molecule has 2 fully saturated rings. The van der Waals surface area contributed by atoms with Crippen molar-refractivity contribution in [2.24, 2.45) is 0 Å². The second-order valence-electron chi connectivity index (χ2n) is 6.87. The minimum Gasteiger partial charge on any atom is -0.371 e. The van der Waals surface area contributed by atoms with E-state index in [9.17, 15) is 0 Å². The van der Waals surface area contributed by atoms with Crippen LogP contribution in [0.1, 0.15) is 62.6 Å². The van der Waals surface area contributed by atoms with Gasteiger partial charge in [-0.3, -0.25) is 4.98 Å². The van der Waals surface area contributed by atoms with E-state index in [1.807, 2.05) is 0 Å². The highest BCUT2D eigenvalue weighted by Gasteiger charge is 2.23. The Labute approximate surface area is 129 Å². The third kappa shape index (κ3) is 3.97. The number of pyridine rings is 1. The van der Waals surface area contributed by atoms with E-state index in [0.29, 0.717) is 6.04 Å². The number of aryl methyl sites for hydroxylation is 1. The van der Waals surface area contributed by atoms with Gasteiger partial charge in [0.2, 0.25) is 0 Å². The Kier molecular flexibility index (Phi) is 4.79. The molecule has 0 bridgehead atoms. The average Bonchev–Trinajstić information content (AvgIpc) is 3.32. The molecular weight excluding hydrogens is 258 g/mol. The monoisotopic (exact) mass is 287 g/mol. The first-order valence-corrected chi connectivity index (χ1v) is 8.66. The summed E-state index contributed by atoms with van der Waals surface area (Å²) in [5.41, 5.74) is 3.88. The number of hydrogen-bond donors (Lipinski definition) is 1. The van der Waals surface area contributed by atoms with Gasteiger partial charge in [0.05, 0.1) is 0 Å². The molecule has 0 radical (unpaired) electrons. The van der Waals surface area contributed by atoms with Crippen LogP contribution in [0.25, 0.3) is 0 Å². The van der Waals surface area contributed by atoms with Gasteiger partial charge in [0.15, 0.2) is 0 Å². The number of nitrogens with zero attached hydrogens (tertiary/aromatic N) is 2. The van der Waals surface area contributed by atoms with Crippen LogP contribution in [0.2, 0.25) is 0 Å². The van der Waals surface area contributed by atoms with Crippen LogP contribution in [0, 0.1) is 6.92 Å². The first-order valence-electron chi connectivity index (χ1n) is 8.66. The lowest BCUT2D eigenvalue weighted by Crippen LogP contribution is -2.32. The van der Waals surface area contributed by atoms with Crippen molar-refractivity contribution >= 4 is 5.69 Å². The first-order chi connectivity index (χ1) is 10.2. The van der Waals surface area contributed by atoms with E-state index in [0.717, 1.165) is 18.3 Å². The Morgan fingerprint density at radius 3 is 2.52 bits per heavy atom. The number of aromatic nitrogens is 1. The van der Waals surface area contributed by atoms with Crippen molar-refractivity contribution in [3.8, 4) is 0 Å². The molecule has 0 amide bonds. The molecule has 1 heterocycles. The largest absolute Gasteiger partial charge is 0.371 e. The molecule has 2 aliphatic rings. The molecule has 0 aliphatic heterocycles. The highest BCUT2D eigenvalue weighted by Crippen LogP contribution is 2.29. The highest BCUT2D eigenvalue weighted by atomic mass is 15.1. The maximum Gasteiger partial charge on any atom is 0.0445 e. The van der Waals surface area contributed by atoms with Crippen LogP contribution < -0.4 is 10.2 Å². The number of nitrogens with one attached hydrogen (secondary N) is 1. The summed E-state index contributed by atoms with van der Waals surface area (Å²) in [6.45, 7) is 3.06. The minimum absolute atomic E-state index is 0.703. The van der Waals surface area contributed by atoms with Gasteiger partial charge >= 0.3 is 0 Å². The van der Waals surface area contributed by atoms with Gasteiger partial charge in [-0.25, -0.2) is 0 Å². The van der Waals surface area contributed by atoms with E-state index in [2.05, 4.69) is 41.4 Å². The number of anilines is 1. The molecule has 0 atom stereocenters. The second kappa shape index (κ2) is 6.78. The fourth-order valence-electron chi connectivity index (χ4n) is 3.42. The van der Waals surface area contributed by atoms with Crippen LogP contribution in [-0.4, -0.2) is 24.1 Å². The topological polar surface area (TPSA) is 28.2 Å². The molecule has 0 aromatic carbocycles. The predicted octanol–water partition coefficient (Wildman–Crippen LogP) is 3.80. The summed E-state index contributed by atoms with van der Waals surface area (Å²) in [7, 11) is 2.28. The van der Waals surface area contributed by atoms with Crippen molar-refractivity contribution in [2.45, 2.75) is 76.9 Å². The normalized spacial score (nSPS) is 20.3. The average molecular weight is 287 g/mol. The predicted molar refractivity (Wildman–Crippen MR) is 88.7 cm³/mol. The van der Waals surface area contributed by atoms with Crippen molar-refractivity contribution in [1.82, 2.24) is 10.3 Å². The van der Waals surface area contributed by atoms with E-state index in [4.69, 9.17) is 0 Å². The van der Waals surface area contributed by atoms with Crippen LogP contribution in [0.5, 0.6) is 0 Å². The van der Waals surface area contributed by atoms with Gasteiger partial charge in [-0.15, -0.1) is 0 Å². The third-order valence-corrected chi connectivity index (χ3v) is 5.01. The van der Waals surface area contributed by atoms with Crippen LogP contribution in [0.4, 0.5) is 5.69 Å². The lowest BCUT2D eigenvalue weighted by molar-refractivity contribution is 0.550. The van der Waals surface area contributed by atoms with Gasteiger partial charge in [-0.05, 0) is 38.7 Å². The minimum atomic E-state index is 0.703. The molecule has 2 aliphatic carbocycles. The van der Waals surface area contributed by atoms with Crippen molar-refractivity contribution in [3.05, 3.63) is 23.5 Å². The summed E-state index contributed by atoms with van der Waals surface area (Å²) in [4.78, 5) is 7.05. The fraction of sp³-hybridized carbons (Fsp3) is 0.722. The van der Waals surface area contributed by atoms with Crippen LogP contribution in [-0.2, 0) is 6.54 Å². The molecule has 1 aromatic rings. The van der Waals surface area contributed by atoms with E-state index >= 15 is 0 Å². The molecule has 0 saturated heterocycles. The van der Waals surface area contributed by atoms with E-state index in [1.54, 1.807) is 0 Å². The lowest BCUT2D eigenvalue weighted by atomic mass is 10.1. The molecule has 3 nitrogen and oxygen atoms in total. The summed E-state index contributed by atoms with van der Waals surface area (Å²) in [6.07, 6.45) is 13.0. The smallest absolute Gasteiger partial charge is 0.0445 e. The van der Waals surface area contributed by atoms with Gasteiger partial charge in [-0.1, -0.05) is 25.7 Å². The number of hydrogen-bond acceptors (Lipinski definition) is 3. The summed E-state index contributed by atoms with van der Waals surface area (Å²) in [6, 6.07) is 3.73. The molecular formula is C18H29N3. The summed E-state index contributed by atoms with van der Waals surface area (Å²) < 4.78 is 0. The lowest BCUT2D eigenvalue weighted by Gasteiger charge is -2.31. The third-order valence-electron chi connectivity index (χ3n) is 5.01. The van der Waals surface area contributed by atoms with E-state index < -0.39 is 0 Å². The van der Waals surface area contributed by atoms with Gasteiger partial charge in [-0.2, -0.15) is 0 Å². The zero-order chi connectivity index (χ0) is 14.7. The summed E-state index contributed by atoms with van der Waals surface area (Å²) in [5, 5.41) is 3.64. The van der Waals surface area contributed by atoms with E-state index in [1.165, 1.54) is 62.6 Å². The van der Waals surface area contributed by atoms with Crippen molar-refractivity contribution in [2.75, 3.05) is 11.9 Å². The Morgan fingerprint density at radius 2 is 1.86 bits per heavy atom. The van der Waals surface area contributed by atoms with Crippen LogP contribution in [0.15, 0.2) is 12.3 Å². The number of rotatable bonds is 5. The Balaban J connectivity index is 1.75. The molecule has 1 aromatic heterocycles. The van der Waals surface area contributed by atoms with Gasteiger partial charge < -0.3 is 10.2 Å². The SMILES string of the molecule is Cc1cc(N(C)C2CCCCCC2)c(CNC2CC2)cn1. The van der Waals surface area contributed by atoms with E-state index in [-0.39, 0.29) is 0 Å². The zero-order valence-electron chi connectivity index (χ0n) is 13.6. The second-order valence-corrected chi connectivity index (χ2v) is 6.87. The molecule has 116 valence electrons. The Bertz CT molecular complexity index is 460. The summed E-state index contributed by atoms with van der Waals surface area (Å²) in [5.74, 6) is 0. The van der Waals surface area contributed by atoms with Crippen LogP contribution >= 0.6 is 0 Å². The van der Waals surface area contributed by atoms with Gasteiger partial charge in [0, 0.05) is 48.8 Å². The standard InChI is InChI=1S/C18H29N3/c1-14-11-18(15(12-19-14)13-20-16-9-10-16)21(2)17-7-5-3-4-6-8-17/h11-12,16-17,20H,3-10,13H2,1-2H3. The Hall–Kier alpha value is -1.09. The van der Waals surface area contributed by atoms with Crippen molar-refractivity contribution in [3.63, 3.8) is 0 Å². The van der Waals surface area contributed by atoms with Crippen molar-refractivity contribution < 1.29 is 0 Å². The fourth-order valence-corrected chi connectivity index (χ4v) is 3.42. The maximum atomic E-state index is 4.52.